The summed E-state index contributed by atoms with van der Waals surface area (Å²) in [6.45, 7) is 2.02. The number of benzene rings is 1. The van der Waals surface area contributed by atoms with Gasteiger partial charge in [-0.2, -0.15) is 0 Å². The van der Waals surface area contributed by atoms with Crippen molar-refractivity contribution in [3.05, 3.63) is 59.2 Å². The standard InChI is InChI=1S/C16H19FN2O/c1-11-7-8-19-14(9-11)13(18-2)10-12-5-4-6-15(20-3)16(12)17/h4-9,13,18H,10H2,1-3H3. The molecule has 2 aromatic rings. The first-order valence-electron chi connectivity index (χ1n) is 6.57. The van der Waals surface area contributed by atoms with Crippen LogP contribution in [0.1, 0.15) is 22.9 Å². The lowest BCUT2D eigenvalue weighted by Gasteiger charge is -2.17. The van der Waals surface area contributed by atoms with Gasteiger partial charge in [0, 0.05) is 6.20 Å². The van der Waals surface area contributed by atoms with Gasteiger partial charge in [-0.3, -0.25) is 4.98 Å². The van der Waals surface area contributed by atoms with Crippen LogP contribution in [0.4, 0.5) is 4.39 Å². The van der Waals surface area contributed by atoms with Gasteiger partial charge in [0.25, 0.3) is 0 Å². The smallest absolute Gasteiger partial charge is 0.168 e. The Labute approximate surface area is 118 Å². The van der Waals surface area contributed by atoms with E-state index in [9.17, 15) is 4.39 Å². The van der Waals surface area contributed by atoms with Crippen molar-refractivity contribution in [3.63, 3.8) is 0 Å². The van der Waals surface area contributed by atoms with Gasteiger partial charge in [-0.15, -0.1) is 0 Å². The maximum atomic E-state index is 14.2. The average molecular weight is 274 g/mol. The van der Waals surface area contributed by atoms with Crippen LogP contribution in [-0.2, 0) is 6.42 Å². The number of pyridine rings is 1. The van der Waals surface area contributed by atoms with Crippen molar-refractivity contribution in [2.24, 2.45) is 0 Å². The first-order chi connectivity index (χ1) is 9.65. The largest absolute Gasteiger partial charge is 0.494 e. The number of methoxy groups -OCH3 is 1. The Morgan fingerprint density at radius 3 is 2.80 bits per heavy atom. The Hall–Kier alpha value is -1.94. The first-order valence-corrected chi connectivity index (χ1v) is 6.57. The van der Waals surface area contributed by atoms with E-state index >= 15 is 0 Å². The molecule has 1 atom stereocenters. The van der Waals surface area contributed by atoms with Crippen molar-refractivity contribution in [1.29, 1.82) is 0 Å². The highest BCUT2D eigenvalue weighted by atomic mass is 19.1. The van der Waals surface area contributed by atoms with E-state index < -0.39 is 0 Å². The number of rotatable bonds is 5. The summed E-state index contributed by atoms with van der Waals surface area (Å²) in [4.78, 5) is 4.36. The highest BCUT2D eigenvalue weighted by Gasteiger charge is 2.16. The average Bonchev–Trinajstić information content (AvgIpc) is 2.46. The van der Waals surface area contributed by atoms with Crippen LogP contribution in [0.3, 0.4) is 0 Å². The molecule has 2 rings (SSSR count). The van der Waals surface area contributed by atoms with Gasteiger partial charge < -0.3 is 10.1 Å². The zero-order valence-corrected chi connectivity index (χ0v) is 12.0. The third kappa shape index (κ3) is 3.14. The molecule has 0 aliphatic rings. The summed E-state index contributed by atoms with van der Waals surface area (Å²) in [6.07, 6.45) is 2.30. The van der Waals surface area contributed by atoms with E-state index in [0.717, 1.165) is 11.3 Å². The molecular formula is C16H19FN2O. The fourth-order valence-electron chi connectivity index (χ4n) is 2.20. The predicted octanol–water partition coefficient (Wildman–Crippen LogP) is 3.04. The van der Waals surface area contributed by atoms with Crippen LogP contribution in [0, 0.1) is 12.7 Å². The van der Waals surface area contributed by atoms with Crippen LogP contribution in [-0.4, -0.2) is 19.1 Å². The van der Waals surface area contributed by atoms with Gasteiger partial charge in [-0.1, -0.05) is 12.1 Å². The summed E-state index contributed by atoms with van der Waals surface area (Å²) >= 11 is 0. The minimum atomic E-state index is -0.303. The lowest BCUT2D eigenvalue weighted by molar-refractivity contribution is 0.382. The number of likely N-dealkylation sites (N-methyl/N-ethyl adjacent to an activating group) is 1. The minimum Gasteiger partial charge on any atom is -0.494 e. The molecule has 1 aromatic carbocycles. The summed E-state index contributed by atoms with van der Waals surface area (Å²) in [7, 11) is 3.33. The second kappa shape index (κ2) is 6.48. The molecule has 0 aliphatic carbocycles. The van der Waals surface area contributed by atoms with Gasteiger partial charge in [-0.25, -0.2) is 4.39 Å². The molecule has 1 unspecified atom stereocenters. The Bertz CT molecular complexity index is 586. The van der Waals surface area contributed by atoms with Crippen LogP contribution < -0.4 is 10.1 Å². The number of ether oxygens (including phenoxy) is 1. The molecule has 0 radical (unpaired) electrons. The first kappa shape index (κ1) is 14.5. The summed E-state index contributed by atoms with van der Waals surface area (Å²) in [5, 5.41) is 3.19. The molecule has 4 heteroatoms. The summed E-state index contributed by atoms with van der Waals surface area (Å²) in [5.41, 5.74) is 2.67. The number of hydrogen-bond donors (Lipinski definition) is 1. The lowest BCUT2D eigenvalue weighted by Crippen LogP contribution is -2.20. The van der Waals surface area contributed by atoms with Gasteiger partial charge in [0.15, 0.2) is 11.6 Å². The van der Waals surface area contributed by atoms with Crippen molar-refractivity contribution in [2.75, 3.05) is 14.2 Å². The molecule has 0 bridgehead atoms. The summed E-state index contributed by atoms with van der Waals surface area (Å²) in [5.74, 6) is -0.0301. The highest BCUT2D eigenvalue weighted by molar-refractivity contribution is 5.32. The van der Waals surface area contributed by atoms with Crippen molar-refractivity contribution in [2.45, 2.75) is 19.4 Å². The fraction of sp³-hybridized carbons (Fsp3) is 0.312. The van der Waals surface area contributed by atoms with Crippen LogP contribution in [0.2, 0.25) is 0 Å². The van der Waals surface area contributed by atoms with Crippen molar-refractivity contribution in [1.82, 2.24) is 10.3 Å². The van der Waals surface area contributed by atoms with E-state index in [2.05, 4.69) is 10.3 Å². The van der Waals surface area contributed by atoms with Crippen LogP contribution >= 0.6 is 0 Å². The number of aryl methyl sites for hydroxylation is 1. The Morgan fingerprint density at radius 2 is 2.15 bits per heavy atom. The fourth-order valence-corrected chi connectivity index (χ4v) is 2.20. The van der Waals surface area contributed by atoms with E-state index in [0.29, 0.717) is 12.0 Å². The molecule has 0 spiro atoms. The zero-order chi connectivity index (χ0) is 14.5. The highest BCUT2D eigenvalue weighted by Crippen LogP contribution is 2.24. The topological polar surface area (TPSA) is 34.1 Å². The van der Waals surface area contributed by atoms with E-state index in [1.165, 1.54) is 7.11 Å². The monoisotopic (exact) mass is 274 g/mol. The molecule has 0 saturated carbocycles. The minimum absolute atomic E-state index is 0.0310. The third-order valence-electron chi connectivity index (χ3n) is 3.33. The Balaban J connectivity index is 2.27. The van der Waals surface area contributed by atoms with Gasteiger partial charge in [0.05, 0.1) is 18.8 Å². The van der Waals surface area contributed by atoms with E-state index in [-0.39, 0.29) is 17.6 Å². The molecule has 0 amide bonds. The number of nitrogens with one attached hydrogen (secondary N) is 1. The Morgan fingerprint density at radius 1 is 1.35 bits per heavy atom. The second-order valence-corrected chi connectivity index (χ2v) is 4.74. The number of halogens is 1. The maximum Gasteiger partial charge on any atom is 0.168 e. The van der Waals surface area contributed by atoms with Gasteiger partial charge in [0.2, 0.25) is 0 Å². The number of nitrogens with zero attached hydrogens (tertiary/aromatic N) is 1. The van der Waals surface area contributed by atoms with Crippen LogP contribution in [0.25, 0.3) is 0 Å². The van der Waals surface area contributed by atoms with Crippen molar-refractivity contribution >= 4 is 0 Å². The molecule has 106 valence electrons. The molecule has 20 heavy (non-hydrogen) atoms. The summed E-state index contributed by atoms with van der Waals surface area (Å²) < 4.78 is 19.2. The maximum absolute atomic E-state index is 14.2. The van der Waals surface area contributed by atoms with Crippen LogP contribution in [0.5, 0.6) is 5.75 Å². The SMILES string of the molecule is CNC(Cc1cccc(OC)c1F)c1cc(C)ccn1. The molecular weight excluding hydrogens is 255 g/mol. The van der Waals surface area contributed by atoms with Gasteiger partial charge >= 0.3 is 0 Å². The second-order valence-electron chi connectivity index (χ2n) is 4.74. The van der Waals surface area contributed by atoms with Crippen LogP contribution in [0.15, 0.2) is 36.5 Å². The number of aromatic nitrogens is 1. The van der Waals surface area contributed by atoms with Crippen molar-refractivity contribution < 1.29 is 9.13 Å². The van der Waals surface area contributed by atoms with E-state index in [1.54, 1.807) is 24.4 Å². The molecule has 1 aromatic heterocycles. The normalized spacial score (nSPS) is 12.2. The third-order valence-corrected chi connectivity index (χ3v) is 3.33. The molecule has 1 N–H and O–H groups in total. The van der Waals surface area contributed by atoms with Gasteiger partial charge in [0.1, 0.15) is 0 Å². The number of hydrogen-bond acceptors (Lipinski definition) is 3. The lowest BCUT2D eigenvalue weighted by atomic mass is 10.0. The van der Waals surface area contributed by atoms with Gasteiger partial charge in [-0.05, 0) is 49.7 Å². The van der Waals surface area contributed by atoms with E-state index in [1.807, 2.05) is 26.1 Å². The molecule has 0 saturated heterocycles. The quantitative estimate of drug-likeness (QED) is 0.910. The Kier molecular flexibility index (Phi) is 4.69. The zero-order valence-electron chi connectivity index (χ0n) is 12.0. The predicted molar refractivity (Wildman–Crippen MR) is 77.4 cm³/mol. The molecule has 3 nitrogen and oxygen atoms in total. The van der Waals surface area contributed by atoms with E-state index in [4.69, 9.17) is 4.74 Å². The molecule has 1 heterocycles. The van der Waals surface area contributed by atoms with Crippen molar-refractivity contribution in [3.8, 4) is 5.75 Å². The summed E-state index contributed by atoms with van der Waals surface area (Å²) in [6, 6.07) is 9.13. The molecule has 0 aliphatic heterocycles. The molecule has 0 fully saturated rings.